The van der Waals surface area contributed by atoms with Crippen molar-refractivity contribution in [2.75, 3.05) is 13.2 Å². The van der Waals surface area contributed by atoms with Gasteiger partial charge in [0, 0.05) is 12.1 Å². The number of benzene rings is 1. The van der Waals surface area contributed by atoms with Crippen LogP contribution in [-0.2, 0) is 10.9 Å². The van der Waals surface area contributed by atoms with E-state index in [0.717, 1.165) is 17.7 Å². The second kappa shape index (κ2) is 4.86. The Hall–Kier alpha value is -1.40. The minimum absolute atomic E-state index is 0.0184. The third-order valence-electron chi connectivity index (χ3n) is 3.53. The molecule has 20 heavy (non-hydrogen) atoms. The van der Waals surface area contributed by atoms with Crippen LogP contribution in [0.2, 0.25) is 0 Å². The maximum absolute atomic E-state index is 13.4. The summed E-state index contributed by atoms with van der Waals surface area (Å²) in [6.45, 7) is 1.01. The molecule has 3 rings (SSSR count). The highest BCUT2D eigenvalue weighted by Gasteiger charge is 2.32. The molecule has 1 saturated heterocycles. The van der Waals surface area contributed by atoms with E-state index in [1.807, 2.05) is 6.08 Å². The lowest BCUT2D eigenvalue weighted by Crippen LogP contribution is -2.50. The zero-order valence-corrected chi connectivity index (χ0v) is 10.5. The number of fused-ring (bicyclic) bond motifs is 2. The van der Waals surface area contributed by atoms with Gasteiger partial charge in [0.15, 0.2) is 0 Å². The molecular formula is C14H13F4NO. The van der Waals surface area contributed by atoms with Crippen LogP contribution in [0.1, 0.15) is 17.5 Å². The average Bonchev–Trinajstić information content (AvgIpc) is 2.36. The van der Waals surface area contributed by atoms with Gasteiger partial charge in [-0.2, -0.15) is 13.2 Å². The molecule has 108 valence electrons. The summed E-state index contributed by atoms with van der Waals surface area (Å²) < 4.78 is 57.0. The number of ether oxygens (including phenoxy) is 1. The Morgan fingerprint density at radius 1 is 1.15 bits per heavy atom. The summed E-state index contributed by atoms with van der Waals surface area (Å²) in [7, 11) is 0. The lowest BCUT2D eigenvalue weighted by Gasteiger charge is -2.35. The number of rotatable bonds is 1. The minimum atomic E-state index is -4.54. The molecule has 0 amide bonds. The molecule has 2 bridgehead atoms. The summed E-state index contributed by atoms with van der Waals surface area (Å²) in [5.41, 5.74) is 0.0936. The molecule has 2 atom stereocenters. The third kappa shape index (κ3) is 2.71. The van der Waals surface area contributed by atoms with Gasteiger partial charge in [0.1, 0.15) is 5.82 Å². The van der Waals surface area contributed by atoms with Crippen molar-refractivity contribution in [3.05, 3.63) is 41.2 Å². The Balaban J connectivity index is 1.98. The van der Waals surface area contributed by atoms with Gasteiger partial charge in [0.2, 0.25) is 0 Å². The van der Waals surface area contributed by atoms with Gasteiger partial charge in [0.05, 0.1) is 18.8 Å². The highest BCUT2D eigenvalue weighted by Crippen LogP contribution is 2.34. The Morgan fingerprint density at radius 3 is 2.65 bits per heavy atom. The van der Waals surface area contributed by atoms with Crippen molar-refractivity contribution >= 4 is 5.57 Å². The van der Waals surface area contributed by atoms with Crippen molar-refractivity contribution in [2.45, 2.75) is 24.7 Å². The van der Waals surface area contributed by atoms with Crippen LogP contribution in [0.4, 0.5) is 17.6 Å². The highest BCUT2D eigenvalue weighted by molar-refractivity contribution is 5.68. The number of morpholine rings is 1. The molecule has 0 aliphatic carbocycles. The topological polar surface area (TPSA) is 21.3 Å². The molecule has 1 aromatic rings. The van der Waals surface area contributed by atoms with Crippen LogP contribution in [0.15, 0.2) is 24.3 Å². The summed E-state index contributed by atoms with van der Waals surface area (Å²) in [4.78, 5) is 0. The van der Waals surface area contributed by atoms with Gasteiger partial charge in [-0.1, -0.05) is 6.08 Å². The normalized spacial score (nSPS) is 26.3. The molecule has 2 nitrogen and oxygen atoms in total. The van der Waals surface area contributed by atoms with E-state index in [0.29, 0.717) is 31.3 Å². The summed E-state index contributed by atoms with van der Waals surface area (Å²) >= 11 is 0. The van der Waals surface area contributed by atoms with Crippen molar-refractivity contribution in [3.8, 4) is 0 Å². The van der Waals surface area contributed by atoms with Crippen molar-refractivity contribution in [3.63, 3.8) is 0 Å². The first kappa shape index (κ1) is 13.6. The fourth-order valence-corrected chi connectivity index (χ4v) is 2.68. The van der Waals surface area contributed by atoms with Crippen LogP contribution < -0.4 is 5.32 Å². The van der Waals surface area contributed by atoms with Gasteiger partial charge in [-0.05, 0) is 35.8 Å². The third-order valence-corrected chi connectivity index (χ3v) is 3.53. The van der Waals surface area contributed by atoms with Crippen molar-refractivity contribution in [2.24, 2.45) is 0 Å². The van der Waals surface area contributed by atoms with Gasteiger partial charge in [-0.3, -0.25) is 0 Å². The summed E-state index contributed by atoms with van der Waals surface area (Å²) in [6.07, 6.45) is -2.18. The quantitative estimate of drug-likeness (QED) is 0.802. The number of halogens is 4. The number of nitrogens with one attached hydrogen (secondary N) is 1. The maximum Gasteiger partial charge on any atom is 0.416 e. The predicted molar refractivity (Wildman–Crippen MR) is 65.5 cm³/mol. The van der Waals surface area contributed by atoms with E-state index in [1.54, 1.807) is 0 Å². The SMILES string of the molecule is Fc1cc(C2=CC3COCC(C2)N3)cc(C(F)(F)F)c1. The lowest BCUT2D eigenvalue weighted by atomic mass is 9.91. The number of hydrogen-bond acceptors (Lipinski definition) is 2. The Labute approximate surface area is 113 Å². The van der Waals surface area contributed by atoms with E-state index >= 15 is 0 Å². The molecule has 2 aliphatic heterocycles. The fraction of sp³-hybridized carbons (Fsp3) is 0.429. The van der Waals surface area contributed by atoms with Gasteiger partial charge < -0.3 is 10.1 Å². The maximum atomic E-state index is 13.4. The molecule has 0 spiro atoms. The molecule has 6 heteroatoms. The number of alkyl halides is 3. The van der Waals surface area contributed by atoms with E-state index in [4.69, 9.17) is 4.74 Å². The molecule has 0 saturated carbocycles. The first-order valence-corrected chi connectivity index (χ1v) is 6.34. The van der Waals surface area contributed by atoms with Gasteiger partial charge in [-0.25, -0.2) is 4.39 Å². The zero-order chi connectivity index (χ0) is 14.3. The average molecular weight is 287 g/mol. The Kier molecular flexibility index (Phi) is 3.30. The van der Waals surface area contributed by atoms with E-state index in [-0.39, 0.29) is 12.1 Å². The molecule has 0 radical (unpaired) electrons. The van der Waals surface area contributed by atoms with Gasteiger partial charge >= 0.3 is 6.18 Å². The molecule has 2 heterocycles. The Bertz CT molecular complexity index is 553. The monoisotopic (exact) mass is 287 g/mol. The van der Waals surface area contributed by atoms with Crippen LogP contribution in [0, 0.1) is 5.82 Å². The minimum Gasteiger partial charge on any atom is -0.378 e. The Morgan fingerprint density at radius 2 is 1.95 bits per heavy atom. The number of hydrogen-bond donors (Lipinski definition) is 1. The molecule has 1 aromatic carbocycles. The van der Waals surface area contributed by atoms with Crippen LogP contribution in [0.5, 0.6) is 0 Å². The molecular weight excluding hydrogens is 274 g/mol. The molecule has 1 N–H and O–H groups in total. The fourth-order valence-electron chi connectivity index (χ4n) is 2.68. The summed E-state index contributed by atoms with van der Waals surface area (Å²) in [6, 6.07) is 2.75. The first-order valence-electron chi connectivity index (χ1n) is 6.34. The van der Waals surface area contributed by atoms with Gasteiger partial charge in [0.25, 0.3) is 0 Å². The van der Waals surface area contributed by atoms with Crippen LogP contribution >= 0.6 is 0 Å². The van der Waals surface area contributed by atoms with E-state index in [1.165, 1.54) is 0 Å². The van der Waals surface area contributed by atoms with Crippen molar-refractivity contribution < 1.29 is 22.3 Å². The summed E-state index contributed by atoms with van der Waals surface area (Å²) in [5, 5.41) is 3.29. The van der Waals surface area contributed by atoms with E-state index < -0.39 is 17.6 Å². The van der Waals surface area contributed by atoms with Crippen LogP contribution in [-0.4, -0.2) is 25.3 Å². The standard InChI is InChI=1S/C14H13F4NO/c15-11-2-8(1-10(5-11)14(16,17)18)9-3-12-6-20-7-13(4-9)19-12/h1-3,5,12-13,19H,4,6-7H2. The van der Waals surface area contributed by atoms with Crippen molar-refractivity contribution in [1.82, 2.24) is 5.32 Å². The highest BCUT2D eigenvalue weighted by atomic mass is 19.4. The molecule has 1 fully saturated rings. The second-order valence-electron chi connectivity index (χ2n) is 5.13. The largest absolute Gasteiger partial charge is 0.416 e. The van der Waals surface area contributed by atoms with Gasteiger partial charge in [-0.15, -0.1) is 0 Å². The molecule has 2 aliphatic rings. The van der Waals surface area contributed by atoms with E-state index in [2.05, 4.69) is 5.32 Å². The van der Waals surface area contributed by atoms with Crippen LogP contribution in [0.3, 0.4) is 0 Å². The molecule has 2 unspecified atom stereocenters. The zero-order valence-electron chi connectivity index (χ0n) is 10.5. The van der Waals surface area contributed by atoms with Crippen LogP contribution in [0.25, 0.3) is 5.57 Å². The molecule has 0 aromatic heterocycles. The smallest absolute Gasteiger partial charge is 0.378 e. The first-order chi connectivity index (χ1) is 9.41. The lowest BCUT2D eigenvalue weighted by molar-refractivity contribution is -0.137. The second-order valence-corrected chi connectivity index (χ2v) is 5.13. The predicted octanol–water partition coefficient (Wildman–Crippen LogP) is 2.99. The van der Waals surface area contributed by atoms with Crippen molar-refractivity contribution in [1.29, 1.82) is 0 Å². The summed E-state index contributed by atoms with van der Waals surface area (Å²) in [5.74, 6) is -0.865. The van der Waals surface area contributed by atoms with E-state index in [9.17, 15) is 17.6 Å².